The van der Waals surface area contributed by atoms with Crippen molar-refractivity contribution in [1.29, 1.82) is 0 Å². The number of rotatable bonds is 4. The van der Waals surface area contributed by atoms with Crippen molar-refractivity contribution in [2.75, 3.05) is 6.54 Å². The number of carbonyl (C=O) groups is 1. The molecule has 1 fully saturated rings. The van der Waals surface area contributed by atoms with Crippen LogP contribution < -0.4 is 4.74 Å². The zero-order valence-electron chi connectivity index (χ0n) is 14.9. The zero-order chi connectivity index (χ0) is 19.1. The summed E-state index contributed by atoms with van der Waals surface area (Å²) in [7, 11) is 0. The maximum atomic E-state index is 13.1. The van der Waals surface area contributed by atoms with Crippen LogP contribution in [0.15, 0.2) is 28.1 Å². The third-order valence-electron chi connectivity index (χ3n) is 5.18. The van der Waals surface area contributed by atoms with Gasteiger partial charge in [0, 0.05) is 29.1 Å². The van der Waals surface area contributed by atoms with Crippen LogP contribution in [0.2, 0.25) is 0 Å². The number of carbonyl (C=O) groups excluding carboxylic acids is 1. The predicted octanol–water partition coefficient (Wildman–Crippen LogP) is 4.94. The molecule has 1 unspecified atom stereocenters. The van der Waals surface area contributed by atoms with Crippen molar-refractivity contribution >= 4 is 29.1 Å². The van der Waals surface area contributed by atoms with Crippen molar-refractivity contribution in [2.45, 2.75) is 62.1 Å². The van der Waals surface area contributed by atoms with Crippen molar-refractivity contribution in [2.24, 2.45) is 4.99 Å². The van der Waals surface area contributed by atoms with Crippen LogP contribution in [0.5, 0.6) is 5.75 Å². The Morgan fingerprint density at radius 2 is 2.00 bits per heavy atom. The van der Waals surface area contributed by atoms with E-state index in [0.717, 1.165) is 18.6 Å². The van der Waals surface area contributed by atoms with Gasteiger partial charge < -0.3 is 9.64 Å². The highest BCUT2D eigenvalue weighted by molar-refractivity contribution is 8.01. The number of nitrogens with zero attached hydrogens (tertiary/aromatic N) is 2. The Hall–Kier alpha value is -1.70. The standard InChI is InChI=1S/C18H21F3N2O2S/c1-4-17(5-2)10-13-15(16(24)23(17)6-3)26-14-9-11(25-18(19,20)21)7-8-12(14)22-13/h7-9,15H,4-6,10H2,1-3H3. The number of aliphatic imine (C=N–C) groups is 1. The molecule has 2 aliphatic rings. The van der Waals surface area contributed by atoms with Crippen LogP contribution >= 0.6 is 11.8 Å². The third kappa shape index (κ3) is 3.31. The molecule has 142 valence electrons. The molecule has 1 aromatic carbocycles. The molecule has 1 atom stereocenters. The van der Waals surface area contributed by atoms with Gasteiger partial charge in [0.2, 0.25) is 5.91 Å². The van der Waals surface area contributed by atoms with Crippen LogP contribution in [0, 0.1) is 0 Å². The Morgan fingerprint density at radius 1 is 1.31 bits per heavy atom. The summed E-state index contributed by atoms with van der Waals surface area (Å²) in [5.41, 5.74) is 1.17. The molecule has 1 aromatic rings. The molecule has 0 aliphatic carbocycles. The van der Waals surface area contributed by atoms with Gasteiger partial charge in [-0.3, -0.25) is 9.79 Å². The summed E-state index contributed by atoms with van der Waals surface area (Å²) in [5, 5.41) is -0.477. The summed E-state index contributed by atoms with van der Waals surface area (Å²) >= 11 is 1.26. The fourth-order valence-electron chi connectivity index (χ4n) is 3.79. The minimum atomic E-state index is -4.75. The summed E-state index contributed by atoms with van der Waals surface area (Å²) in [4.78, 5) is 20.1. The molecule has 3 rings (SSSR count). The predicted molar refractivity (Wildman–Crippen MR) is 95.2 cm³/mol. The molecule has 1 amide bonds. The smallest absolute Gasteiger partial charge is 0.406 e. The number of likely N-dealkylation sites (tertiary alicyclic amines) is 1. The van der Waals surface area contributed by atoms with Crippen molar-refractivity contribution in [3.63, 3.8) is 0 Å². The monoisotopic (exact) mass is 386 g/mol. The van der Waals surface area contributed by atoms with Crippen LogP contribution in [-0.2, 0) is 4.79 Å². The molecule has 0 N–H and O–H groups in total. The molecule has 0 bridgehead atoms. The first-order valence-corrected chi connectivity index (χ1v) is 9.56. The fourth-order valence-corrected chi connectivity index (χ4v) is 4.97. The number of halogens is 3. The van der Waals surface area contributed by atoms with Gasteiger partial charge in [-0.05, 0) is 38.0 Å². The average molecular weight is 386 g/mol. The van der Waals surface area contributed by atoms with Crippen molar-refractivity contribution < 1.29 is 22.7 Å². The minimum absolute atomic E-state index is 0.0148. The van der Waals surface area contributed by atoms with E-state index in [9.17, 15) is 18.0 Å². The summed E-state index contributed by atoms with van der Waals surface area (Å²) in [6, 6.07) is 4.08. The highest BCUT2D eigenvalue weighted by Gasteiger charge is 2.48. The number of benzene rings is 1. The van der Waals surface area contributed by atoms with Crippen molar-refractivity contribution in [3.05, 3.63) is 18.2 Å². The normalized spacial score (nSPS) is 21.8. The highest BCUT2D eigenvalue weighted by atomic mass is 32.2. The number of thioether (sulfide) groups is 1. The number of amides is 1. The topological polar surface area (TPSA) is 41.9 Å². The first-order chi connectivity index (χ1) is 12.2. The number of piperidine rings is 1. The van der Waals surface area contributed by atoms with E-state index in [1.807, 2.05) is 11.8 Å². The fraction of sp³-hybridized carbons (Fsp3) is 0.556. The van der Waals surface area contributed by atoms with E-state index in [-0.39, 0.29) is 17.2 Å². The average Bonchev–Trinajstić information content (AvgIpc) is 2.59. The van der Waals surface area contributed by atoms with Crippen LogP contribution in [0.3, 0.4) is 0 Å². The molecule has 0 spiro atoms. The van der Waals surface area contributed by atoms with Crippen molar-refractivity contribution in [1.82, 2.24) is 4.90 Å². The maximum absolute atomic E-state index is 13.1. The quantitative estimate of drug-likeness (QED) is 0.736. The van der Waals surface area contributed by atoms with Crippen LogP contribution in [0.25, 0.3) is 0 Å². The third-order valence-corrected chi connectivity index (χ3v) is 6.47. The molecule has 2 aliphatic heterocycles. The molecular formula is C18H21F3N2O2S. The summed E-state index contributed by atoms with van der Waals surface area (Å²) in [6.07, 6.45) is -2.38. The first-order valence-electron chi connectivity index (χ1n) is 8.68. The second kappa shape index (κ2) is 6.79. The SMILES string of the molecule is CCN1C(=O)C2Sc3cc(OC(F)(F)F)ccc3N=C2CC1(CC)CC. The Kier molecular flexibility index (Phi) is 4.98. The number of ether oxygens (including phenoxy) is 1. The Morgan fingerprint density at radius 3 is 2.58 bits per heavy atom. The van der Waals surface area contributed by atoms with E-state index in [4.69, 9.17) is 0 Å². The van der Waals surface area contributed by atoms with Crippen LogP contribution in [0.4, 0.5) is 18.9 Å². The van der Waals surface area contributed by atoms with Crippen LogP contribution in [0.1, 0.15) is 40.0 Å². The van der Waals surface area contributed by atoms with Gasteiger partial charge in [-0.25, -0.2) is 0 Å². The van der Waals surface area contributed by atoms with E-state index in [0.29, 0.717) is 23.5 Å². The molecule has 8 heteroatoms. The lowest BCUT2D eigenvalue weighted by molar-refractivity contribution is -0.274. The first kappa shape index (κ1) is 19.1. The number of fused-ring (bicyclic) bond motifs is 2. The van der Waals surface area contributed by atoms with Gasteiger partial charge in [-0.2, -0.15) is 0 Å². The van der Waals surface area contributed by atoms with Gasteiger partial charge in [0.15, 0.2) is 0 Å². The summed E-state index contributed by atoms with van der Waals surface area (Å²) in [5.74, 6) is -0.312. The van der Waals surface area contributed by atoms with Gasteiger partial charge in [-0.15, -0.1) is 24.9 Å². The van der Waals surface area contributed by atoms with E-state index in [1.165, 1.54) is 30.0 Å². The molecule has 4 nitrogen and oxygen atoms in total. The van der Waals surface area contributed by atoms with Crippen molar-refractivity contribution in [3.8, 4) is 5.75 Å². The second-order valence-corrected chi connectivity index (χ2v) is 7.62. The Balaban J connectivity index is 1.97. The Bertz CT molecular complexity index is 744. The summed E-state index contributed by atoms with van der Waals surface area (Å²) < 4.78 is 41.3. The molecule has 1 saturated heterocycles. The Labute approximate surface area is 154 Å². The zero-order valence-corrected chi connectivity index (χ0v) is 15.7. The summed E-state index contributed by atoms with van der Waals surface area (Å²) in [6.45, 7) is 6.71. The van der Waals surface area contributed by atoms with E-state index >= 15 is 0 Å². The van der Waals surface area contributed by atoms with E-state index in [2.05, 4.69) is 23.6 Å². The molecule has 0 aromatic heterocycles. The number of hydrogen-bond acceptors (Lipinski definition) is 4. The highest BCUT2D eigenvalue weighted by Crippen LogP contribution is 2.46. The minimum Gasteiger partial charge on any atom is -0.406 e. The number of hydrogen-bond donors (Lipinski definition) is 0. The largest absolute Gasteiger partial charge is 0.573 e. The van der Waals surface area contributed by atoms with Gasteiger partial charge in [0.25, 0.3) is 0 Å². The van der Waals surface area contributed by atoms with E-state index in [1.54, 1.807) is 0 Å². The lowest BCUT2D eigenvalue weighted by atomic mass is 9.80. The molecule has 0 radical (unpaired) electrons. The second-order valence-electron chi connectivity index (χ2n) is 6.47. The van der Waals surface area contributed by atoms with E-state index < -0.39 is 11.6 Å². The molecule has 0 saturated carbocycles. The van der Waals surface area contributed by atoms with Gasteiger partial charge in [-0.1, -0.05) is 13.8 Å². The van der Waals surface area contributed by atoms with Crippen LogP contribution in [-0.4, -0.2) is 40.2 Å². The number of alkyl halides is 3. The van der Waals surface area contributed by atoms with Gasteiger partial charge >= 0.3 is 6.36 Å². The molecular weight excluding hydrogens is 365 g/mol. The van der Waals surface area contributed by atoms with Gasteiger partial charge in [0.1, 0.15) is 11.0 Å². The maximum Gasteiger partial charge on any atom is 0.573 e. The van der Waals surface area contributed by atoms with Gasteiger partial charge in [0.05, 0.1) is 5.69 Å². The lowest BCUT2D eigenvalue weighted by Gasteiger charge is -2.49. The lowest BCUT2D eigenvalue weighted by Crippen LogP contribution is -2.61. The molecule has 2 heterocycles. The molecule has 26 heavy (non-hydrogen) atoms.